The Hall–Kier alpha value is -3.64. The summed E-state index contributed by atoms with van der Waals surface area (Å²) >= 11 is 6.31. The Morgan fingerprint density at radius 2 is 1.68 bits per heavy atom. The van der Waals surface area contributed by atoms with E-state index in [1.165, 1.54) is 22.9 Å². The van der Waals surface area contributed by atoms with E-state index in [9.17, 15) is 19.8 Å². The van der Waals surface area contributed by atoms with Crippen molar-refractivity contribution < 1.29 is 15.0 Å². The minimum Gasteiger partial charge on any atom is -0.504 e. The quantitative estimate of drug-likeness (QED) is 0.506. The predicted octanol–water partition coefficient (Wildman–Crippen LogP) is 3.82. The lowest BCUT2D eigenvalue weighted by atomic mass is 10.1. The molecule has 28 heavy (non-hydrogen) atoms. The molecule has 0 aliphatic carbocycles. The Balaban J connectivity index is 2.15. The molecule has 0 bridgehead atoms. The first-order valence-corrected chi connectivity index (χ1v) is 8.67. The average molecular weight is 393 g/mol. The Labute approximate surface area is 163 Å². The molecule has 2 aromatic carbocycles. The van der Waals surface area contributed by atoms with Gasteiger partial charge in [-0.2, -0.15) is 0 Å². The summed E-state index contributed by atoms with van der Waals surface area (Å²) in [7, 11) is 0. The first-order chi connectivity index (χ1) is 13.5. The molecule has 4 rings (SSSR count). The van der Waals surface area contributed by atoms with Crippen LogP contribution in [-0.2, 0) is 0 Å². The summed E-state index contributed by atoms with van der Waals surface area (Å²) < 4.78 is 1.26. The molecule has 4 aromatic rings. The van der Waals surface area contributed by atoms with Crippen LogP contribution in [0.15, 0.2) is 71.7 Å². The molecule has 2 aromatic heterocycles. The summed E-state index contributed by atoms with van der Waals surface area (Å²) in [6.07, 6.45) is 1.48. The monoisotopic (exact) mass is 392 g/mol. The molecule has 0 spiro atoms. The van der Waals surface area contributed by atoms with E-state index in [1.54, 1.807) is 42.5 Å². The molecule has 6 nitrogen and oxygen atoms in total. The summed E-state index contributed by atoms with van der Waals surface area (Å²) in [5.74, 6) is -1.41. The number of hydrogen-bond acceptors (Lipinski definition) is 5. The SMILES string of the molecule is O=C(c1ccccn1)n1c(-c2ccccc2Cl)cc(=O)c2cc(O)c(O)cc21. The van der Waals surface area contributed by atoms with Gasteiger partial charge in [0.15, 0.2) is 16.9 Å². The molecule has 0 radical (unpaired) electrons. The fourth-order valence-corrected chi connectivity index (χ4v) is 3.27. The number of carbonyl (C=O) groups is 1. The maximum Gasteiger partial charge on any atom is 0.281 e. The van der Waals surface area contributed by atoms with Crippen LogP contribution < -0.4 is 5.43 Å². The molecular formula is C21H13ClN2O4. The Kier molecular flexibility index (Phi) is 4.33. The molecule has 0 saturated heterocycles. The molecule has 0 aliphatic heterocycles. The second-order valence-corrected chi connectivity index (χ2v) is 6.49. The van der Waals surface area contributed by atoms with Crippen molar-refractivity contribution in [3.05, 3.63) is 87.8 Å². The van der Waals surface area contributed by atoms with Crippen molar-refractivity contribution >= 4 is 28.4 Å². The number of phenolic OH excluding ortho intramolecular Hbond substituents is 2. The lowest BCUT2D eigenvalue weighted by Gasteiger charge is -2.17. The predicted molar refractivity (Wildman–Crippen MR) is 106 cm³/mol. The summed E-state index contributed by atoms with van der Waals surface area (Å²) in [6.45, 7) is 0. The van der Waals surface area contributed by atoms with Crippen LogP contribution in [0.5, 0.6) is 11.5 Å². The van der Waals surface area contributed by atoms with Crippen LogP contribution in [0.25, 0.3) is 22.2 Å². The van der Waals surface area contributed by atoms with Crippen molar-refractivity contribution in [2.24, 2.45) is 0 Å². The standard InChI is InChI=1S/C21H13ClN2O4/c22-14-6-2-1-5-12(14)16-10-18(25)13-9-19(26)20(27)11-17(13)24(16)21(28)15-7-3-4-8-23-15/h1-11,26-27H. The van der Waals surface area contributed by atoms with Crippen LogP contribution in [0.4, 0.5) is 0 Å². The van der Waals surface area contributed by atoms with Gasteiger partial charge in [-0.3, -0.25) is 19.1 Å². The molecule has 0 atom stereocenters. The van der Waals surface area contributed by atoms with Gasteiger partial charge in [-0.05, 0) is 24.3 Å². The number of phenols is 2. The van der Waals surface area contributed by atoms with E-state index < -0.39 is 22.8 Å². The van der Waals surface area contributed by atoms with E-state index >= 15 is 0 Å². The second-order valence-electron chi connectivity index (χ2n) is 6.09. The molecule has 138 valence electrons. The molecule has 0 unspecified atom stereocenters. The number of fused-ring (bicyclic) bond motifs is 1. The number of carbonyl (C=O) groups excluding carboxylic acids is 1. The number of rotatable bonds is 2. The Morgan fingerprint density at radius 1 is 0.964 bits per heavy atom. The maximum atomic E-state index is 13.3. The molecule has 7 heteroatoms. The smallest absolute Gasteiger partial charge is 0.281 e. The van der Waals surface area contributed by atoms with Crippen LogP contribution in [0.1, 0.15) is 10.5 Å². The zero-order chi connectivity index (χ0) is 19.8. The zero-order valence-electron chi connectivity index (χ0n) is 14.3. The summed E-state index contributed by atoms with van der Waals surface area (Å²) in [5, 5.41) is 20.2. The second kappa shape index (κ2) is 6.83. The van der Waals surface area contributed by atoms with Crippen LogP contribution in [0.2, 0.25) is 5.02 Å². The molecular weight excluding hydrogens is 380 g/mol. The fourth-order valence-electron chi connectivity index (χ4n) is 3.03. The number of aromatic hydroxyl groups is 2. The van der Waals surface area contributed by atoms with Gasteiger partial charge in [-0.15, -0.1) is 0 Å². The Bertz CT molecular complexity index is 1280. The van der Waals surface area contributed by atoms with Gasteiger partial charge in [-0.25, -0.2) is 0 Å². The van der Waals surface area contributed by atoms with Crippen molar-refractivity contribution in [3.63, 3.8) is 0 Å². The van der Waals surface area contributed by atoms with Crippen molar-refractivity contribution in [2.45, 2.75) is 0 Å². The van der Waals surface area contributed by atoms with Gasteiger partial charge in [0.25, 0.3) is 5.91 Å². The summed E-state index contributed by atoms with van der Waals surface area (Å²) in [5.41, 5.74) is 0.579. The van der Waals surface area contributed by atoms with E-state index in [1.807, 2.05) is 0 Å². The van der Waals surface area contributed by atoms with Gasteiger partial charge in [0.2, 0.25) is 0 Å². The van der Waals surface area contributed by atoms with Crippen LogP contribution in [0.3, 0.4) is 0 Å². The number of halogens is 1. The molecule has 0 amide bonds. The highest BCUT2D eigenvalue weighted by atomic mass is 35.5. The van der Waals surface area contributed by atoms with Gasteiger partial charge in [0, 0.05) is 28.9 Å². The highest BCUT2D eigenvalue weighted by molar-refractivity contribution is 6.33. The third kappa shape index (κ3) is 2.90. The fraction of sp³-hybridized carbons (Fsp3) is 0. The third-order valence-electron chi connectivity index (χ3n) is 4.34. The van der Waals surface area contributed by atoms with E-state index in [4.69, 9.17) is 11.6 Å². The minimum atomic E-state index is -0.509. The average Bonchev–Trinajstić information content (AvgIpc) is 2.70. The third-order valence-corrected chi connectivity index (χ3v) is 4.67. The van der Waals surface area contributed by atoms with Crippen LogP contribution in [-0.4, -0.2) is 25.7 Å². The van der Waals surface area contributed by atoms with Crippen molar-refractivity contribution in [2.75, 3.05) is 0 Å². The number of nitrogens with zero attached hydrogens (tertiary/aromatic N) is 2. The first-order valence-electron chi connectivity index (χ1n) is 8.30. The number of aromatic nitrogens is 2. The van der Waals surface area contributed by atoms with Gasteiger partial charge in [0.1, 0.15) is 5.69 Å². The molecule has 0 aliphatic rings. The Morgan fingerprint density at radius 3 is 2.39 bits per heavy atom. The van der Waals surface area contributed by atoms with Gasteiger partial charge in [0.05, 0.1) is 16.6 Å². The van der Waals surface area contributed by atoms with E-state index in [-0.39, 0.29) is 22.3 Å². The normalized spacial score (nSPS) is 10.9. The van der Waals surface area contributed by atoms with Gasteiger partial charge >= 0.3 is 0 Å². The van der Waals surface area contributed by atoms with Crippen LogP contribution >= 0.6 is 11.6 Å². The molecule has 2 heterocycles. The lowest BCUT2D eigenvalue weighted by Crippen LogP contribution is -2.20. The first kappa shape index (κ1) is 17.8. The number of benzene rings is 2. The van der Waals surface area contributed by atoms with Crippen molar-refractivity contribution in [1.29, 1.82) is 0 Å². The highest BCUT2D eigenvalue weighted by Crippen LogP contribution is 2.33. The topological polar surface area (TPSA) is 92.4 Å². The van der Waals surface area contributed by atoms with E-state index in [0.29, 0.717) is 10.6 Å². The molecule has 0 saturated carbocycles. The molecule has 0 fully saturated rings. The number of pyridine rings is 2. The summed E-state index contributed by atoms with van der Waals surface area (Å²) in [4.78, 5) is 30.1. The summed E-state index contributed by atoms with van der Waals surface area (Å²) in [6, 6.07) is 15.3. The highest BCUT2D eigenvalue weighted by Gasteiger charge is 2.21. The molecule has 2 N–H and O–H groups in total. The van der Waals surface area contributed by atoms with E-state index in [0.717, 1.165) is 6.07 Å². The minimum absolute atomic E-state index is 0.0791. The lowest BCUT2D eigenvalue weighted by molar-refractivity contribution is 0.0961. The van der Waals surface area contributed by atoms with Gasteiger partial charge in [-0.1, -0.05) is 35.9 Å². The zero-order valence-corrected chi connectivity index (χ0v) is 15.1. The van der Waals surface area contributed by atoms with Crippen molar-refractivity contribution in [3.8, 4) is 22.8 Å². The van der Waals surface area contributed by atoms with Gasteiger partial charge < -0.3 is 10.2 Å². The van der Waals surface area contributed by atoms with Crippen LogP contribution in [0, 0.1) is 0 Å². The number of hydrogen-bond donors (Lipinski definition) is 2. The van der Waals surface area contributed by atoms with E-state index in [2.05, 4.69) is 4.98 Å². The van der Waals surface area contributed by atoms with Crippen molar-refractivity contribution in [1.82, 2.24) is 9.55 Å². The maximum absolute atomic E-state index is 13.3. The largest absolute Gasteiger partial charge is 0.504 e.